The Morgan fingerprint density at radius 1 is 1.14 bits per heavy atom. The normalized spacial score (nSPS) is 10.6. The van der Waals surface area contributed by atoms with Crippen LogP contribution in [0.5, 0.6) is 0 Å². The molecule has 0 aliphatic rings. The van der Waals surface area contributed by atoms with E-state index in [2.05, 4.69) is 41.4 Å². The van der Waals surface area contributed by atoms with Crippen LogP contribution in [0.1, 0.15) is 5.56 Å². The highest BCUT2D eigenvalue weighted by molar-refractivity contribution is 9.10. The summed E-state index contributed by atoms with van der Waals surface area (Å²) in [5, 5.41) is 12.6. The van der Waals surface area contributed by atoms with E-state index >= 15 is 0 Å². The number of rotatable bonds is 5. The van der Waals surface area contributed by atoms with Crippen LogP contribution in [0.25, 0.3) is 0 Å². The van der Waals surface area contributed by atoms with Crippen LogP contribution in [-0.4, -0.2) is 20.2 Å². The zero-order chi connectivity index (χ0) is 15.4. The van der Waals surface area contributed by atoms with Crippen LogP contribution in [-0.2, 0) is 6.54 Å². The lowest BCUT2D eigenvalue weighted by atomic mass is 10.2. The first kappa shape index (κ1) is 15.3. The van der Waals surface area contributed by atoms with Crippen LogP contribution >= 0.6 is 39.0 Å². The molecule has 3 rings (SSSR count). The van der Waals surface area contributed by atoms with Crippen LogP contribution in [0.15, 0.2) is 50.6 Å². The molecule has 0 saturated carbocycles. The molecule has 3 aromatic rings. The molecule has 22 heavy (non-hydrogen) atoms. The Morgan fingerprint density at radius 2 is 1.86 bits per heavy atom. The standard InChI is InChI=1S/C13H9BrFN5S2/c14-9-6-17-11(18-7-9)21-13-20-19-12(22-13)16-5-8-1-3-10(15)4-2-8/h1-4,6-7H,5H2,(H,16,19). The van der Waals surface area contributed by atoms with Crippen LogP contribution in [0.4, 0.5) is 9.52 Å². The van der Waals surface area contributed by atoms with Gasteiger partial charge in [-0.1, -0.05) is 23.5 Å². The molecular formula is C13H9BrFN5S2. The first-order valence-corrected chi connectivity index (χ1v) is 8.59. The number of nitrogens with one attached hydrogen (secondary N) is 1. The fraction of sp³-hybridized carbons (Fsp3) is 0.0769. The molecule has 5 nitrogen and oxygen atoms in total. The Hall–Kier alpha value is -1.58. The predicted molar refractivity (Wildman–Crippen MR) is 87.5 cm³/mol. The topological polar surface area (TPSA) is 63.6 Å². The van der Waals surface area contributed by atoms with E-state index in [9.17, 15) is 4.39 Å². The summed E-state index contributed by atoms with van der Waals surface area (Å²) in [6.45, 7) is 0.564. The number of hydrogen-bond donors (Lipinski definition) is 1. The Balaban J connectivity index is 1.59. The minimum absolute atomic E-state index is 0.243. The van der Waals surface area contributed by atoms with Crippen LogP contribution in [0.2, 0.25) is 0 Å². The van der Waals surface area contributed by atoms with Gasteiger partial charge in [0.15, 0.2) is 9.50 Å². The lowest BCUT2D eigenvalue weighted by Crippen LogP contribution is -1.98. The molecule has 0 spiro atoms. The number of hydrogen-bond acceptors (Lipinski definition) is 7. The van der Waals surface area contributed by atoms with Crippen LogP contribution in [0, 0.1) is 5.82 Å². The molecule has 0 atom stereocenters. The third-order valence-corrected chi connectivity index (χ3v) is 4.77. The van der Waals surface area contributed by atoms with E-state index in [0.29, 0.717) is 16.8 Å². The van der Waals surface area contributed by atoms with Gasteiger partial charge in [0.2, 0.25) is 5.13 Å². The zero-order valence-electron chi connectivity index (χ0n) is 11.0. The molecule has 1 N–H and O–H groups in total. The minimum atomic E-state index is -0.243. The largest absolute Gasteiger partial charge is 0.356 e. The Kier molecular flexibility index (Phi) is 4.96. The highest BCUT2D eigenvalue weighted by Gasteiger charge is 2.08. The monoisotopic (exact) mass is 397 g/mol. The van der Waals surface area contributed by atoms with Gasteiger partial charge in [0, 0.05) is 18.9 Å². The average molecular weight is 398 g/mol. The Labute approximate surface area is 142 Å². The van der Waals surface area contributed by atoms with Crippen molar-refractivity contribution in [1.82, 2.24) is 20.2 Å². The number of benzene rings is 1. The maximum Gasteiger partial charge on any atom is 0.206 e. The van der Waals surface area contributed by atoms with E-state index in [1.54, 1.807) is 24.5 Å². The molecule has 0 unspecified atom stereocenters. The molecule has 0 fully saturated rings. The minimum Gasteiger partial charge on any atom is -0.356 e. The van der Waals surface area contributed by atoms with E-state index in [0.717, 1.165) is 14.4 Å². The summed E-state index contributed by atoms with van der Waals surface area (Å²) in [4.78, 5) is 8.35. The fourth-order valence-electron chi connectivity index (χ4n) is 1.53. The van der Waals surface area contributed by atoms with Gasteiger partial charge < -0.3 is 5.32 Å². The van der Waals surface area contributed by atoms with Gasteiger partial charge in [-0.15, -0.1) is 10.2 Å². The Morgan fingerprint density at radius 3 is 2.59 bits per heavy atom. The van der Waals surface area contributed by atoms with Crippen molar-refractivity contribution in [1.29, 1.82) is 0 Å². The third-order valence-electron chi connectivity index (χ3n) is 2.54. The van der Waals surface area contributed by atoms with Crippen molar-refractivity contribution in [3.8, 4) is 0 Å². The number of aromatic nitrogens is 4. The van der Waals surface area contributed by atoms with Crippen molar-refractivity contribution in [3.63, 3.8) is 0 Å². The van der Waals surface area contributed by atoms with Crippen molar-refractivity contribution in [2.45, 2.75) is 16.0 Å². The second kappa shape index (κ2) is 7.12. The fourth-order valence-corrected chi connectivity index (χ4v) is 3.29. The second-order valence-corrected chi connectivity index (χ2v) is 7.25. The maximum atomic E-state index is 12.8. The second-order valence-electron chi connectivity index (χ2n) is 4.14. The van der Waals surface area contributed by atoms with Crippen molar-refractivity contribution in [2.24, 2.45) is 0 Å². The highest BCUT2D eigenvalue weighted by Crippen LogP contribution is 2.29. The van der Waals surface area contributed by atoms with Crippen molar-refractivity contribution in [2.75, 3.05) is 5.32 Å². The number of halogens is 2. The van der Waals surface area contributed by atoms with E-state index in [1.165, 1.54) is 35.2 Å². The molecule has 9 heteroatoms. The molecule has 2 heterocycles. The van der Waals surface area contributed by atoms with Crippen molar-refractivity contribution < 1.29 is 4.39 Å². The first-order chi connectivity index (χ1) is 10.7. The third kappa shape index (κ3) is 4.21. The summed E-state index contributed by atoms with van der Waals surface area (Å²) >= 11 is 6.06. The molecule has 0 amide bonds. The quantitative estimate of drug-likeness (QED) is 0.656. The molecule has 112 valence electrons. The zero-order valence-corrected chi connectivity index (χ0v) is 14.3. The summed E-state index contributed by atoms with van der Waals surface area (Å²) in [6, 6.07) is 6.33. The van der Waals surface area contributed by atoms with Crippen molar-refractivity contribution >= 4 is 44.2 Å². The lowest BCUT2D eigenvalue weighted by molar-refractivity contribution is 0.627. The van der Waals surface area contributed by atoms with Crippen LogP contribution in [0.3, 0.4) is 0 Å². The SMILES string of the molecule is Fc1ccc(CNc2nnc(Sc3ncc(Br)cn3)s2)cc1. The van der Waals surface area contributed by atoms with Gasteiger partial charge in [0.05, 0.1) is 4.47 Å². The van der Waals surface area contributed by atoms with E-state index in [4.69, 9.17) is 0 Å². The van der Waals surface area contributed by atoms with Crippen molar-refractivity contribution in [3.05, 3.63) is 52.5 Å². The van der Waals surface area contributed by atoms with Gasteiger partial charge in [0.25, 0.3) is 0 Å². The average Bonchev–Trinajstić information content (AvgIpc) is 2.97. The van der Waals surface area contributed by atoms with Gasteiger partial charge in [0.1, 0.15) is 5.82 Å². The number of nitrogens with zero attached hydrogens (tertiary/aromatic N) is 4. The maximum absolute atomic E-state index is 12.8. The molecule has 0 aliphatic heterocycles. The van der Waals surface area contributed by atoms with Gasteiger partial charge in [-0.25, -0.2) is 14.4 Å². The summed E-state index contributed by atoms with van der Waals surface area (Å²) < 4.78 is 14.4. The smallest absolute Gasteiger partial charge is 0.206 e. The van der Waals surface area contributed by atoms with E-state index in [-0.39, 0.29) is 5.82 Å². The molecule has 0 aliphatic carbocycles. The van der Waals surface area contributed by atoms with Gasteiger partial charge in [-0.05, 0) is 45.4 Å². The number of anilines is 1. The summed E-state index contributed by atoms with van der Waals surface area (Å²) in [5.41, 5.74) is 0.974. The molecule has 2 aromatic heterocycles. The van der Waals surface area contributed by atoms with Crippen LogP contribution < -0.4 is 5.32 Å². The molecule has 1 aromatic carbocycles. The molecule has 0 saturated heterocycles. The van der Waals surface area contributed by atoms with Gasteiger partial charge >= 0.3 is 0 Å². The highest BCUT2D eigenvalue weighted by atomic mass is 79.9. The van der Waals surface area contributed by atoms with E-state index in [1.807, 2.05) is 0 Å². The molecule has 0 bridgehead atoms. The predicted octanol–water partition coefficient (Wildman–Crippen LogP) is 3.99. The molecule has 0 radical (unpaired) electrons. The van der Waals surface area contributed by atoms with Gasteiger partial charge in [-0.2, -0.15) is 0 Å². The summed E-state index contributed by atoms with van der Waals surface area (Å²) in [6.07, 6.45) is 3.37. The van der Waals surface area contributed by atoms with E-state index < -0.39 is 0 Å². The summed E-state index contributed by atoms with van der Waals surface area (Å²) in [5.74, 6) is -0.243. The first-order valence-electron chi connectivity index (χ1n) is 6.16. The summed E-state index contributed by atoms with van der Waals surface area (Å²) in [7, 11) is 0. The van der Waals surface area contributed by atoms with Gasteiger partial charge in [-0.3, -0.25) is 0 Å². The molecular weight excluding hydrogens is 389 g/mol. The Bertz CT molecular complexity index is 748. The lowest BCUT2D eigenvalue weighted by Gasteiger charge is -2.01.